The lowest BCUT2D eigenvalue weighted by atomic mass is 9.90. The van der Waals surface area contributed by atoms with Crippen molar-refractivity contribution in [2.24, 2.45) is 11.3 Å². The highest BCUT2D eigenvalue weighted by Gasteiger charge is 2.44. The summed E-state index contributed by atoms with van der Waals surface area (Å²) in [6.07, 6.45) is 2.52. The monoisotopic (exact) mass is 290 g/mol. The Bertz CT molecular complexity index is 345. The molecule has 19 heavy (non-hydrogen) atoms. The van der Waals surface area contributed by atoms with Crippen molar-refractivity contribution in [3.05, 3.63) is 0 Å². The predicted octanol–water partition coefficient (Wildman–Crippen LogP) is 0.819. The topological polar surface area (TPSA) is 58.6 Å². The van der Waals surface area contributed by atoms with Crippen molar-refractivity contribution < 1.29 is 14.3 Å². The summed E-state index contributed by atoms with van der Waals surface area (Å²) in [5.41, 5.74) is -0.517. The first-order valence-electron chi connectivity index (χ1n) is 6.65. The molecular formula is C13H23ClN2O3. The minimum Gasteiger partial charge on any atom is -0.469 e. The average molecular weight is 291 g/mol. The maximum Gasteiger partial charge on any atom is 0.313 e. The van der Waals surface area contributed by atoms with E-state index in [0.29, 0.717) is 19.5 Å². The maximum atomic E-state index is 12.3. The van der Waals surface area contributed by atoms with E-state index < -0.39 is 5.41 Å². The van der Waals surface area contributed by atoms with Gasteiger partial charge in [-0.15, -0.1) is 12.4 Å². The molecule has 0 aromatic carbocycles. The van der Waals surface area contributed by atoms with Gasteiger partial charge in [-0.05, 0) is 39.3 Å². The molecule has 2 heterocycles. The summed E-state index contributed by atoms with van der Waals surface area (Å²) in [7, 11) is 1.41. The molecule has 1 amide bonds. The molecule has 2 aliphatic rings. The summed E-state index contributed by atoms with van der Waals surface area (Å²) in [4.78, 5) is 25.9. The highest BCUT2D eigenvalue weighted by Crippen LogP contribution is 2.32. The average Bonchev–Trinajstić information content (AvgIpc) is 2.82. The van der Waals surface area contributed by atoms with E-state index in [1.54, 1.807) is 0 Å². The van der Waals surface area contributed by atoms with E-state index in [9.17, 15) is 9.59 Å². The molecule has 1 unspecified atom stereocenters. The molecule has 0 spiro atoms. The van der Waals surface area contributed by atoms with Gasteiger partial charge in [-0.3, -0.25) is 9.59 Å². The predicted molar refractivity (Wildman–Crippen MR) is 74.2 cm³/mol. The van der Waals surface area contributed by atoms with Gasteiger partial charge in [0, 0.05) is 19.0 Å². The maximum absolute atomic E-state index is 12.3. The van der Waals surface area contributed by atoms with Crippen LogP contribution in [0.15, 0.2) is 0 Å². The van der Waals surface area contributed by atoms with Gasteiger partial charge in [0.05, 0.1) is 12.5 Å². The molecule has 2 aliphatic heterocycles. The van der Waals surface area contributed by atoms with Gasteiger partial charge in [0.2, 0.25) is 5.91 Å². The first kappa shape index (κ1) is 16.2. The second-order valence-electron chi connectivity index (χ2n) is 5.59. The van der Waals surface area contributed by atoms with Crippen molar-refractivity contribution in [2.75, 3.05) is 33.3 Å². The molecule has 0 aromatic rings. The van der Waals surface area contributed by atoms with Gasteiger partial charge < -0.3 is 15.0 Å². The number of methoxy groups -OCH3 is 1. The fraction of sp³-hybridized carbons (Fsp3) is 0.846. The lowest BCUT2D eigenvalue weighted by Crippen LogP contribution is -2.41. The summed E-state index contributed by atoms with van der Waals surface area (Å²) < 4.78 is 4.82. The van der Waals surface area contributed by atoms with Crippen LogP contribution in [0, 0.1) is 11.3 Å². The van der Waals surface area contributed by atoms with Crippen molar-refractivity contribution >= 4 is 24.3 Å². The van der Waals surface area contributed by atoms with Crippen molar-refractivity contribution in [2.45, 2.75) is 26.2 Å². The number of carbonyl (C=O) groups excluding carboxylic acids is 2. The van der Waals surface area contributed by atoms with Gasteiger partial charge in [-0.1, -0.05) is 0 Å². The zero-order valence-corrected chi connectivity index (χ0v) is 12.4. The minimum atomic E-state index is -0.517. The Morgan fingerprint density at radius 1 is 1.32 bits per heavy atom. The Labute approximate surface area is 120 Å². The third kappa shape index (κ3) is 3.39. The number of nitrogens with zero attached hydrogens (tertiary/aromatic N) is 1. The van der Waals surface area contributed by atoms with Gasteiger partial charge in [-0.2, -0.15) is 0 Å². The molecule has 1 atom stereocenters. The lowest BCUT2D eigenvalue weighted by molar-refractivity contribution is -0.151. The molecule has 0 radical (unpaired) electrons. The molecule has 2 rings (SSSR count). The third-order valence-electron chi connectivity index (χ3n) is 4.15. The second kappa shape index (κ2) is 6.57. The van der Waals surface area contributed by atoms with Crippen LogP contribution in [0.2, 0.25) is 0 Å². The molecule has 0 saturated carbocycles. The van der Waals surface area contributed by atoms with Crippen molar-refractivity contribution in [1.82, 2.24) is 10.2 Å². The Hall–Kier alpha value is -0.810. The number of likely N-dealkylation sites (tertiary alicyclic amines) is 1. The van der Waals surface area contributed by atoms with E-state index in [0.717, 1.165) is 25.9 Å². The van der Waals surface area contributed by atoms with Gasteiger partial charge in [0.1, 0.15) is 0 Å². The Morgan fingerprint density at radius 3 is 2.53 bits per heavy atom. The highest BCUT2D eigenvalue weighted by atomic mass is 35.5. The Kier molecular flexibility index (Phi) is 5.62. The van der Waals surface area contributed by atoms with Crippen LogP contribution in [0.25, 0.3) is 0 Å². The van der Waals surface area contributed by atoms with Crippen molar-refractivity contribution in [1.29, 1.82) is 0 Å². The second-order valence-corrected chi connectivity index (χ2v) is 5.59. The number of carbonyl (C=O) groups is 2. The number of esters is 1. The van der Waals surface area contributed by atoms with Crippen LogP contribution in [0.4, 0.5) is 0 Å². The fourth-order valence-corrected chi connectivity index (χ4v) is 2.89. The van der Waals surface area contributed by atoms with E-state index in [4.69, 9.17) is 4.74 Å². The lowest BCUT2D eigenvalue weighted by Gasteiger charge is -2.28. The molecule has 0 bridgehead atoms. The first-order valence-corrected chi connectivity index (χ1v) is 6.65. The normalized spacial score (nSPS) is 27.8. The number of nitrogens with one attached hydrogen (secondary N) is 1. The molecule has 0 aromatic heterocycles. The summed E-state index contributed by atoms with van der Waals surface area (Å²) in [6, 6.07) is 0. The quantitative estimate of drug-likeness (QED) is 0.765. The van der Waals surface area contributed by atoms with Crippen molar-refractivity contribution in [3.8, 4) is 0 Å². The number of amides is 1. The van der Waals surface area contributed by atoms with Crippen LogP contribution in [-0.2, 0) is 14.3 Å². The van der Waals surface area contributed by atoms with Crippen LogP contribution < -0.4 is 5.32 Å². The molecular weight excluding hydrogens is 268 g/mol. The van der Waals surface area contributed by atoms with Gasteiger partial charge in [0.25, 0.3) is 0 Å². The molecule has 110 valence electrons. The minimum absolute atomic E-state index is 0. The van der Waals surface area contributed by atoms with Crippen molar-refractivity contribution in [3.63, 3.8) is 0 Å². The summed E-state index contributed by atoms with van der Waals surface area (Å²) in [5, 5.41) is 3.26. The molecule has 6 heteroatoms. The number of ether oxygens (including phenoxy) is 1. The Balaban J connectivity index is 0.00000180. The van der Waals surface area contributed by atoms with Crippen LogP contribution >= 0.6 is 12.4 Å². The summed E-state index contributed by atoms with van der Waals surface area (Å²) in [6.45, 7) is 4.89. The number of hydrogen-bond donors (Lipinski definition) is 1. The van der Waals surface area contributed by atoms with E-state index in [-0.39, 0.29) is 30.2 Å². The zero-order chi connectivity index (χ0) is 13.2. The van der Waals surface area contributed by atoms with Gasteiger partial charge in [-0.25, -0.2) is 0 Å². The first-order chi connectivity index (χ1) is 8.57. The van der Waals surface area contributed by atoms with Crippen LogP contribution in [0.1, 0.15) is 26.2 Å². The largest absolute Gasteiger partial charge is 0.469 e. The van der Waals surface area contributed by atoms with E-state index in [2.05, 4.69) is 5.32 Å². The van der Waals surface area contributed by atoms with Crippen LogP contribution in [0.3, 0.4) is 0 Å². The third-order valence-corrected chi connectivity index (χ3v) is 4.15. The smallest absolute Gasteiger partial charge is 0.313 e. The zero-order valence-electron chi connectivity index (χ0n) is 11.6. The van der Waals surface area contributed by atoms with Crippen LogP contribution in [-0.4, -0.2) is 50.1 Å². The molecule has 2 fully saturated rings. The molecule has 1 N–H and O–H groups in total. The fourth-order valence-electron chi connectivity index (χ4n) is 2.89. The Morgan fingerprint density at radius 2 is 1.95 bits per heavy atom. The highest BCUT2D eigenvalue weighted by molar-refractivity contribution is 5.85. The van der Waals surface area contributed by atoms with Gasteiger partial charge in [0.15, 0.2) is 0 Å². The summed E-state index contributed by atoms with van der Waals surface area (Å²) in [5.74, 6) is 0.137. The van der Waals surface area contributed by atoms with Gasteiger partial charge >= 0.3 is 5.97 Å². The number of rotatable bonds is 2. The summed E-state index contributed by atoms with van der Waals surface area (Å²) >= 11 is 0. The van der Waals surface area contributed by atoms with E-state index >= 15 is 0 Å². The number of halogens is 1. The van der Waals surface area contributed by atoms with Crippen LogP contribution in [0.5, 0.6) is 0 Å². The molecule has 5 nitrogen and oxygen atoms in total. The number of hydrogen-bond acceptors (Lipinski definition) is 4. The molecule has 0 aliphatic carbocycles. The number of piperidine rings is 1. The van der Waals surface area contributed by atoms with E-state index in [1.807, 2.05) is 11.8 Å². The SMILES string of the molecule is COC(=O)C1(C)CCN(C(=O)C2CCNCC2)C1.Cl. The molecule has 2 saturated heterocycles. The van der Waals surface area contributed by atoms with E-state index in [1.165, 1.54) is 7.11 Å². The standard InChI is InChI=1S/C13H22N2O3.ClH/c1-13(12(17)18-2)5-8-15(9-13)11(16)10-3-6-14-7-4-10;/h10,14H,3-9H2,1-2H3;1H.